The molecule has 0 saturated carbocycles. The van der Waals surface area contributed by atoms with Gasteiger partial charge in [0.25, 0.3) is 0 Å². The number of hydrogen-bond donors (Lipinski definition) is 1. The molecule has 1 N–H and O–H groups in total. The molecule has 2 atom stereocenters. The second kappa shape index (κ2) is 5.69. The van der Waals surface area contributed by atoms with Crippen LogP contribution in [0, 0.1) is 5.92 Å². The highest BCUT2D eigenvalue weighted by Crippen LogP contribution is 2.06. The van der Waals surface area contributed by atoms with E-state index in [1.165, 1.54) is 0 Å². The highest BCUT2D eigenvalue weighted by molar-refractivity contribution is 4.60. The lowest BCUT2D eigenvalue weighted by atomic mass is 10.0. The first-order valence-corrected chi connectivity index (χ1v) is 3.98. The van der Waals surface area contributed by atoms with E-state index in [0.717, 1.165) is 6.42 Å². The van der Waals surface area contributed by atoms with Crippen LogP contribution in [0.3, 0.4) is 0 Å². The molecule has 0 heterocycles. The van der Waals surface area contributed by atoms with Crippen molar-refractivity contribution >= 4 is 0 Å². The van der Waals surface area contributed by atoms with E-state index in [4.69, 9.17) is 4.74 Å². The molecule has 0 aromatic rings. The molecule has 0 saturated heterocycles. The van der Waals surface area contributed by atoms with Gasteiger partial charge >= 0.3 is 0 Å². The van der Waals surface area contributed by atoms with E-state index in [-0.39, 0.29) is 6.10 Å². The van der Waals surface area contributed by atoms with Gasteiger partial charge in [0.1, 0.15) is 0 Å². The van der Waals surface area contributed by atoms with Crippen LogP contribution in [0.2, 0.25) is 0 Å². The van der Waals surface area contributed by atoms with E-state index in [2.05, 4.69) is 6.92 Å². The summed E-state index contributed by atoms with van der Waals surface area (Å²) in [5.74, 6) is 0.353. The van der Waals surface area contributed by atoms with E-state index in [0.29, 0.717) is 19.1 Å². The Balaban J connectivity index is 3.31. The van der Waals surface area contributed by atoms with Crippen LogP contribution in [0.5, 0.6) is 0 Å². The van der Waals surface area contributed by atoms with Crippen LogP contribution >= 0.6 is 0 Å². The second-order valence-electron chi connectivity index (χ2n) is 2.61. The van der Waals surface area contributed by atoms with Gasteiger partial charge in [0.2, 0.25) is 0 Å². The maximum absolute atomic E-state index is 9.32. The molecule has 10 heavy (non-hydrogen) atoms. The SMILES string of the molecule is CCOCC(O)C(C)CC. The molecule has 0 aliphatic rings. The van der Waals surface area contributed by atoms with Crippen molar-refractivity contribution in [3.8, 4) is 0 Å². The molecule has 0 fully saturated rings. The lowest BCUT2D eigenvalue weighted by molar-refractivity contribution is 0.0126. The Morgan fingerprint density at radius 3 is 2.40 bits per heavy atom. The fourth-order valence-corrected chi connectivity index (χ4v) is 0.675. The summed E-state index contributed by atoms with van der Waals surface area (Å²) in [6.45, 7) is 7.20. The van der Waals surface area contributed by atoms with Crippen molar-refractivity contribution in [1.82, 2.24) is 0 Å². The van der Waals surface area contributed by atoms with Crippen LogP contribution in [0.4, 0.5) is 0 Å². The molecule has 2 heteroatoms. The van der Waals surface area contributed by atoms with E-state index in [9.17, 15) is 5.11 Å². The molecule has 0 radical (unpaired) electrons. The van der Waals surface area contributed by atoms with Crippen LogP contribution in [-0.2, 0) is 4.74 Å². The lowest BCUT2D eigenvalue weighted by Crippen LogP contribution is -2.22. The van der Waals surface area contributed by atoms with E-state index < -0.39 is 0 Å². The van der Waals surface area contributed by atoms with Crippen molar-refractivity contribution in [2.45, 2.75) is 33.3 Å². The number of hydrogen-bond acceptors (Lipinski definition) is 2. The smallest absolute Gasteiger partial charge is 0.0799 e. The van der Waals surface area contributed by atoms with Crippen LogP contribution in [0.1, 0.15) is 27.2 Å². The number of aliphatic hydroxyl groups excluding tert-OH is 1. The van der Waals surface area contributed by atoms with Gasteiger partial charge in [-0.25, -0.2) is 0 Å². The molecule has 0 rings (SSSR count). The minimum atomic E-state index is -0.287. The zero-order chi connectivity index (χ0) is 7.98. The van der Waals surface area contributed by atoms with Gasteiger partial charge in [-0.05, 0) is 12.8 Å². The van der Waals surface area contributed by atoms with Gasteiger partial charge in [0.05, 0.1) is 12.7 Å². The van der Waals surface area contributed by atoms with Gasteiger partial charge in [-0.15, -0.1) is 0 Å². The van der Waals surface area contributed by atoms with Gasteiger partial charge in [0, 0.05) is 6.61 Å². The first-order chi connectivity index (χ1) is 4.72. The lowest BCUT2D eigenvalue weighted by Gasteiger charge is -2.16. The normalized spacial score (nSPS) is 16.8. The van der Waals surface area contributed by atoms with Crippen molar-refractivity contribution in [3.63, 3.8) is 0 Å². The molecule has 62 valence electrons. The molecule has 2 nitrogen and oxygen atoms in total. The molecule has 0 amide bonds. The third kappa shape index (κ3) is 3.85. The molecule has 0 aliphatic heterocycles. The Bertz CT molecular complexity index is 73.7. The average Bonchev–Trinajstić information content (AvgIpc) is 1.98. The number of aliphatic hydroxyl groups is 1. The predicted molar refractivity (Wildman–Crippen MR) is 42.0 cm³/mol. The van der Waals surface area contributed by atoms with Crippen LogP contribution in [-0.4, -0.2) is 24.4 Å². The summed E-state index contributed by atoms with van der Waals surface area (Å²) in [6, 6.07) is 0. The van der Waals surface area contributed by atoms with Crippen molar-refractivity contribution < 1.29 is 9.84 Å². The standard InChI is InChI=1S/C8H18O2/c1-4-7(3)8(9)6-10-5-2/h7-9H,4-6H2,1-3H3. The molecule has 0 spiro atoms. The maximum atomic E-state index is 9.32. The van der Waals surface area contributed by atoms with Crippen molar-refractivity contribution in [2.75, 3.05) is 13.2 Å². The van der Waals surface area contributed by atoms with Gasteiger partial charge in [-0.2, -0.15) is 0 Å². The van der Waals surface area contributed by atoms with Gasteiger partial charge < -0.3 is 9.84 Å². The number of rotatable bonds is 5. The van der Waals surface area contributed by atoms with Crippen molar-refractivity contribution in [2.24, 2.45) is 5.92 Å². The van der Waals surface area contributed by atoms with Crippen LogP contribution in [0.25, 0.3) is 0 Å². The first-order valence-electron chi connectivity index (χ1n) is 3.98. The minimum absolute atomic E-state index is 0.287. The topological polar surface area (TPSA) is 29.5 Å². The quantitative estimate of drug-likeness (QED) is 0.635. The Morgan fingerprint density at radius 2 is 2.00 bits per heavy atom. The summed E-state index contributed by atoms with van der Waals surface area (Å²) in [7, 11) is 0. The summed E-state index contributed by atoms with van der Waals surface area (Å²) in [4.78, 5) is 0. The zero-order valence-electron chi connectivity index (χ0n) is 7.13. The van der Waals surface area contributed by atoms with E-state index in [1.807, 2.05) is 13.8 Å². The minimum Gasteiger partial charge on any atom is -0.390 e. The summed E-state index contributed by atoms with van der Waals surface area (Å²) in [5.41, 5.74) is 0. The largest absolute Gasteiger partial charge is 0.390 e. The van der Waals surface area contributed by atoms with Gasteiger partial charge in [0.15, 0.2) is 0 Å². The molecule has 0 aliphatic carbocycles. The third-order valence-electron chi connectivity index (χ3n) is 1.79. The summed E-state index contributed by atoms with van der Waals surface area (Å²) < 4.78 is 5.07. The second-order valence-corrected chi connectivity index (χ2v) is 2.61. The summed E-state index contributed by atoms with van der Waals surface area (Å²) in [6.07, 6.45) is 0.721. The van der Waals surface area contributed by atoms with Crippen LogP contribution in [0.15, 0.2) is 0 Å². The summed E-state index contributed by atoms with van der Waals surface area (Å²) in [5, 5.41) is 9.32. The monoisotopic (exact) mass is 146 g/mol. The molecular weight excluding hydrogens is 128 g/mol. The average molecular weight is 146 g/mol. The number of ether oxygens (including phenoxy) is 1. The fraction of sp³-hybridized carbons (Fsp3) is 1.00. The molecule has 0 bridgehead atoms. The van der Waals surface area contributed by atoms with Crippen molar-refractivity contribution in [3.05, 3.63) is 0 Å². The highest BCUT2D eigenvalue weighted by atomic mass is 16.5. The van der Waals surface area contributed by atoms with Gasteiger partial charge in [-0.3, -0.25) is 0 Å². The zero-order valence-corrected chi connectivity index (χ0v) is 7.13. The van der Waals surface area contributed by atoms with E-state index in [1.54, 1.807) is 0 Å². The van der Waals surface area contributed by atoms with Crippen LogP contribution < -0.4 is 0 Å². The molecule has 0 aromatic heterocycles. The van der Waals surface area contributed by atoms with Gasteiger partial charge in [-0.1, -0.05) is 20.3 Å². The van der Waals surface area contributed by atoms with E-state index >= 15 is 0 Å². The molecular formula is C8H18O2. The summed E-state index contributed by atoms with van der Waals surface area (Å²) >= 11 is 0. The Labute approximate surface area is 63.2 Å². The fourth-order valence-electron chi connectivity index (χ4n) is 0.675. The highest BCUT2D eigenvalue weighted by Gasteiger charge is 2.10. The Kier molecular flexibility index (Phi) is 5.64. The van der Waals surface area contributed by atoms with Crippen molar-refractivity contribution in [1.29, 1.82) is 0 Å². The maximum Gasteiger partial charge on any atom is 0.0799 e. The molecule has 2 unspecified atom stereocenters. The Hall–Kier alpha value is -0.0800. The third-order valence-corrected chi connectivity index (χ3v) is 1.79. The Morgan fingerprint density at radius 1 is 1.40 bits per heavy atom. The first kappa shape index (κ1) is 9.92. The molecule has 0 aromatic carbocycles. The predicted octanol–water partition coefficient (Wildman–Crippen LogP) is 1.43.